The highest BCUT2D eigenvalue weighted by atomic mass is 32.2. The molecule has 1 aliphatic rings. The summed E-state index contributed by atoms with van der Waals surface area (Å²) in [6, 6.07) is 3.74. The number of hydrogen-bond acceptors (Lipinski definition) is 7. The number of aromatic nitrogens is 1. The van der Waals surface area contributed by atoms with E-state index in [1.807, 2.05) is 4.72 Å². The molecule has 9 nitrogen and oxygen atoms in total. The van der Waals surface area contributed by atoms with Gasteiger partial charge in [-0.1, -0.05) is 18.2 Å². The van der Waals surface area contributed by atoms with Crippen molar-refractivity contribution >= 4 is 16.1 Å². The molecule has 1 aliphatic heterocycles. The normalized spacial score (nSPS) is 20.3. The van der Waals surface area contributed by atoms with Crippen LogP contribution < -0.4 is 15.2 Å². The van der Waals surface area contributed by atoms with E-state index in [1.54, 1.807) is 46.8 Å². The van der Waals surface area contributed by atoms with Gasteiger partial charge in [0.05, 0.1) is 24.5 Å². The number of amides is 1. The first-order chi connectivity index (χ1) is 17.4. The number of rotatable bonds is 7. The fourth-order valence-electron chi connectivity index (χ4n) is 4.05. The number of ether oxygens (including phenoxy) is 2. The van der Waals surface area contributed by atoms with Gasteiger partial charge >= 0.3 is 6.09 Å². The van der Waals surface area contributed by atoms with Crippen LogP contribution >= 0.6 is 0 Å². The Balaban J connectivity index is 1.99. The van der Waals surface area contributed by atoms with Crippen LogP contribution in [0.4, 0.5) is 18.0 Å². The number of nitrogens with zero attached hydrogens (tertiary/aromatic N) is 2. The molecule has 2 aromatic rings. The molecule has 3 rings (SSSR count). The second kappa shape index (κ2) is 10.7. The van der Waals surface area contributed by atoms with Gasteiger partial charge in [-0.15, -0.1) is 0 Å². The standard InChI is InChI=1S/C25H33F3N4O5S/c1-14-10-11-17(15(2)29)30-22(14)36-19-9-7-8-16(20(19)26)12-18-21(31-38(6,34)35)25(27,28)13-32(18)23(33)37-24(3,4)5/h7-11,15,18,21,31H,12-13,29H2,1-6H3/t15?,18-,21+/m0/s1. The minimum absolute atomic E-state index is 0.0694. The van der Waals surface area contributed by atoms with Crippen LogP contribution in [0.2, 0.25) is 0 Å². The lowest BCUT2D eigenvalue weighted by Crippen LogP contribution is -2.52. The Morgan fingerprint density at radius 3 is 2.53 bits per heavy atom. The molecule has 0 aliphatic carbocycles. The number of carbonyl (C=O) groups is 1. The van der Waals surface area contributed by atoms with Crippen molar-refractivity contribution < 1.29 is 35.9 Å². The molecule has 1 saturated heterocycles. The van der Waals surface area contributed by atoms with Crippen LogP contribution in [0.3, 0.4) is 0 Å². The summed E-state index contributed by atoms with van der Waals surface area (Å²) in [6.07, 6.45) is -0.783. The molecule has 3 atom stereocenters. The van der Waals surface area contributed by atoms with Gasteiger partial charge in [-0.3, -0.25) is 4.90 Å². The first-order valence-corrected chi connectivity index (χ1v) is 13.8. The highest BCUT2D eigenvalue weighted by Crippen LogP contribution is 2.37. The Morgan fingerprint density at radius 1 is 1.29 bits per heavy atom. The molecule has 0 radical (unpaired) electrons. The van der Waals surface area contributed by atoms with Crippen molar-refractivity contribution in [3.63, 3.8) is 0 Å². The van der Waals surface area contributed by atoms with Gasteiger partial charge in [-0.25, -0.2) is 36.1 Å². The van der Waals surface area contributed by atoms with E-state index in [-0.39, 0.29) is 17.2 Å². The number of nitrogens with two attached hydrogens (primary N) is 1. The predicted octanol–water partition coefficient (Wildman–Crippen LogP) is 4.06. The van der Waals surface area contributed by atoms with Gasteiger partial charge in [-0.2, -0.15) is 0 Å². The van der Waals surface area contributed by atoms with Crippen molar-refractivity contribution in [3.05, 3.63) is 53.0 Å². The highest BCUT2D eigenvalue weighted by Gasteiger charge is 2.57. The Bertz CT molecular complexity index is 1300. The topological polar surface area (TPSA) is 124 Å². The van der Waals surface area contributed by atoms with Gasteiger partial charge in [-0.05, 0) is 58.7 Å². The van der Waals surface area contributed by atoms with E-state index >= 15 is 13.2 Å². The average Bonchev–Trinajstić information content (AvgIpc) is 3.00. The van der Waals surface area contributed by atoms with Gasteiger partial charge < -0.3 is 15.2 Å². The van der Waals surface area contributed by atoms with Crippen LogP contribution in [0.5, 0.6) is 11.6 Å². The van der Waals surface area contributed by atoms with Crippen LogP contribution in [0.15, 0.2) is 30.3 Å². The second-order valence-electron chi connectivity index (χ2n) is 10.5. The average molecular weight is 559 g/mol. The molecule has 1 aromatic heterocycles. The third kappa shape index (κ3) is 7.14. The molecule has 0 bridgehead atoms. The minimum Gasteiger partial charge on any atom is -0.444 e. The number of carbonyl (C=O) groups excluding carboxylic acids is 1. The van der Waals surface area contributed by atoms with Crippen molar-refractivity contribution in [2.75, 3.05) is 12.8 Å². The lowest BCUT2D eigenvalue weighted by atomic mass is 9.98. The highest BCUT2D eigenvalue weighted by molar-refractivity contribution is 7.88. The number of pyridine rings is 1. The van der Waals surface area contributed by atoms with E-state index in [4.69, 9.17) is 15.2 Å². The molecule has 13 heteroatoms. The fraction of sp³-hybridized carbons (Fsp3) is 0.520. The van der Waals surface area contributed by atoms with Gasteiger partial charge in [0.2, 0.25) is 15.9 Å². The van der Waals surface area contributed by atoms with E-state index in [2.05, 4.69) is 4.98 Å². The van der Waals surface area contributed by atoms with Crippen LogP contribution in [0.1, 0.15) is 50.6 Å². The predicted molar refractivity (Wildman–Crippen MR) is 135 cm³/mol. The van der Waals surface area contributed by atoms with Crippen molar-refractivity contribution in [2.24, 2.45) is 5.73 Å². The molecule has 0 saturated carbocycles. The lowest BCUT2D eigenvalue weighted by molar-refractivity contribution is -0.0122. The molecule has 0 spiro atoms. The first-order valence-electron chi connectivity index (χ1n) is 11.9. The number of aryl methyl sites for hydroxylation is 1. The smallest absolute Gasteiger partial charge is 0.410 e. The number of alkyl halides is 2. The number of hydrogen-bond donors (Lipinski definition) is 2. The minimum atomic E-state index is -4.11. The van der Waals surface area contributed by atoms with Gasteiger partial charge in [0, 0.05) is 11.6 Å². The largest absolute Gasteiger partial charge is 0.444 e. The third-order valence-electron chi connectivity index (χ3n) is 5.81. The molecule has 38 heavy (non-hydrogen) atoms. The summed E-state index contributed by atoms with van der Waals surface area (Å²) in [5.41, 5.74) is 5.95. The molecule has 1 unspecified atom stereocenters. The summed E-state index contributed by atoms with van der Waals surface area (Å²) < 4.78 is 82.5. The maximum Gasteiger partial charge on any atom is 0.410 e. The Kier molecular flexibility index (Phi) is 8.35. The molecule has 3 N–H and O–H groups in total. The number of sulfonamides is 1. The molecule has 1 fully saturated rings. The number of likely N-dealkylation sites (tertiary alicyclic amines) is 1. The van der Waals surface area contributed by atoms with Crippen LogP contribution in [-0.4, -0.2) is 60.8 Å². The summed E-state index contributed by atoms with van der Waals surface area (Å²) in [5.74, 6) is -4.61. The molecule has 2 heterocycles. The van der Waals surface area contributed by atoms with E-state index in [9.17, 15) is 13.2 Å². The lowest BCUT2D eigenvalue weighted by Gasteiger charge is -2.30. The van der Waals surface area contributed by atoms with Crippen LogP contribution in [0, 0.1) is 12.7 Å². The zero-order valence-electron chi connectivity index (χ0n) is 22.1. The van der Waals surface area contributed by atoms with E-state index < -0.39 is 64.5 Å². The Morgan fingerprint density at radius 2 is 1.95 bits per heavy atom. The fourth-order valence-corrected chi connectivity index (χ4v) is 4.84. The SMILES string of the molecule is Cc1ccc(C(C)N)nc1Oc1cccc(C[C@H]2[C@@H](NS(C)(=O)=O)C(F)(F)CN2C(=O)OC(C)(C)C)c1F. The second-order valence-corrected chi connectivity index (χ2v) is 12.3. The van der Waals surface area contributed by atoms with E-state index in [1.165, 1.54) is 18.2 Å². The van der Waals surface area contributed by atoms with E-state index in [0.717, 1.165) is 11.2 Å². The maximum absolute atomic E-state index is 15.6. The van der Waals surface area contributed by atoms with Crippen molar-refractivity contribution in [1.29, 1.82) is 0 Å². The summed E-state index contributed by atoms with van der Waals surface area (Å²) in [6.45, 7) is 7.05. The summed E-state index contributed by atoms with van der Waals surface area (Å²) in [4.78, 5) is 17.9. The summed E-state index contributed by atoms with van der Waals surface area (Å²) in [7, 11) is -4.11. The van der Waals surface area contributed by atoms with Gasteiger partial charge in [0.15, 0.2) is 11.6 Å². The number of benzene rings is 1. The molecule has 210 valence electrons. The number of halogens is 3. The third-order valence-corrected chi connectivity index (χ3v) is 6.49. The zero-order chi connectivity index (χ0) is 28.6. The van der Waals surface area contributed by atoms with Crippen LogP contribution in [0.25, 0.3) is 0 Å². The first kappa shape index (κ1) is 29.7. The molecular weight excluding hydrogens is 525 g/mol. The van der Waals surface area contributed by atoms with Crippen molar-refractivity contribution in [3.8, 4) is 11.6 Å². The zero-order valence-corrected chi connectivity index (χ0v) is 22.9. The maximum atomic E-state index is 15.6. The van der Waals surface area contributed by atoms with Crippen molar-refractivity contribution in [1.82, 2.24) is 14.6 Å². The summed E-state index contributed by atoms with van der Waals surface area (Å²) >= 11 is 0. The Hall–Kier alpha value is -2.90. The van der Waals surface area contributed by atoms with Crippen molar-refractivity contribution in [2.45, 2.75) is 70.7 Å². The molecular formula is C25H33F3N4O5S. The number of nitrogens with one attached hydrogen (secondary N) is 1. The monoisotopic (exact) mass is 558 g/mol. The quantitative estimate of drug-likeness (QED) is 0.525. The Labute approximate surface area is 220 Å². The van der Waals surface area contributed by atoms with E-state index in [0.29, 0.717) is 11.3 Å². The van der Waals surface area contributed by atoms with Gasteiger partial charge in [0.25, 0.3) is 5.92 Å². The van der Waals surface area contributed by atoms with Crippen LogP contribution in [-0.2, 0) is 21.2 Å². The molecule has 1 amide bonds. The van der Waals surface area contributed by atoms with Gasteiger partial charge in [0.1, 0.15) is 11.6 Å². The summed E-state index contributed by atoms with van der Waals surface area (Å²) in [5, 5.41) is 0. The molecule has 1 aromatic carbocycles.